The van der Waals surface area contributed by atoms with Crippen LogP contribution in [0.5, 0.6) is 0 Å². The Labute approximate surface area is 120 Å². The van der Waals surface area contributed by atoms with Crippen LogP contribution in [0.15, 0.2) is 71.3 Å². The third-order valence-electron chi connectivity index (χ3n) is 2.82. The molecule has 2 heterocycles. The van der Waals surface area contributed by atoms with E-state index in [2.05, 4.69) is 38.0 Å². The molecular weight excluding hydrogens is 300 g/mol. The molecule has 0 fully saturated rings. The van der Waals surface area contributed by atoms with Gasteiger partial charge in [-0.1, -0.05) is 40.2 Å². The van der Waals surface area contributed by atoms with Gasteiger partial charge in [0.1, 0.15) is 0 Å². The fraction of sp³-hybridized carbons (Fsp3) is 0. The molecule has 19 heavy (non-hydrogen) atoms. The van der Waals surface area contributed by atoms with Crippen molar-refractivity contribution in [2.75, 3.05) is 0 Å². The molecule has 0 spiro atoms. The standard InChI is InChI=1S/C16H11BrN2/c17-13-9-7-12(8-10-13)14-5-3-6-16(19-14)15-4-1-2-11-18-15/h1-11H. The van der Waals surface area contributed by atoms with Crippen LogP contribution in [0, 0.1) is 0 Å². The predicted molar refractivity (Wildman–Crippen MR) is 80.6 cm³/mol. The maximum atomic E-state index is 4.67. The number of pyridine rings is 2. The first-order valence-corrected chi connectivity index (χ1v) is 6.77. The molecule has 2 aromatic heterocycles. The summed E-state index contributed by atoms with van der Waals surface area (Å²) in [5.41, 5.74) is 3.83. The molecule has 1 aromatic carbocycles. The molecule has 3 rings (SSSR count). The predicted octanol–water partition coefficient (Wildman–Crippen LogP) is 4.57. The van der Waals surface area contributed by atoms with Crippen molar-refractivity contribution in [3.8, 4) is 22.6 Å². The van der Waals surface area contributed by atoms with Crippen molar-refractivity contribution in [3.05, 3.63) is 71.3 Å². The number of aromatic nitrogens is 2. The van der Waals surface area contributed by atoms with Crippen molar-refractivity contribution >= 4 is 15.9 Å². The van der Waals surface area contributed by atoms with Crippen molar-refractivity contribution < 1.29 is 0 Å². The summed E-state index contributed by atoms with van der Waals surface area (Å²) in [5.74, 6) is 0. The largest absolute Gasteiger partial charge is 0.255 e. The van der Waals surface area contributed by atoms with Crippen LogP contribution in [0.4, 0.5) is 0 Å². The summed E-state index contributed by atoms with van der Waals surface area (Å²) in [6.07, 6.45) is 1.78. The lowest BCUT2D eigenvalue weighted by Crippen LogP contribution is -1.89. The van der Waals surface area contributed by atoms with E-state index in [-0.39, 0.29) is 0 Å². The molecular formula is C16H11BrN2. The van der Waals surface area contributed by atoms with Gasteiger partial charge in [0.05, 0.1) is 17.1 Å². The Morgan fingerprint density at radius 2 is 1.42 bits per heavy atom. The third kappa shape index (κ3) is 2.71. The molecule has 0 unspecified atom stereocenters. The summed E-state index contributed by atoms with van der Waals surface area (Å²) in [6.45, 7) is 0. The van der Waals surface area contributed by atoms with Crippen LogP contribution in [0.1, 0.15) is 0 Å². The van der Waals surface area contributed by atoms with Gasteiger partial charge in [0.2, 0.25) is 0 Å². The number of hydrogen-bond acceptors (Lipinski definition) is 2. The van der Waals surface area contributed by atoms with Crippen LogP contribution in [0.3, 0.4) is 0 Å². The molecule has 92 valence electrons. The summed E-state index contributed by atoms with van der Waals surface area (Å²) < 4.78 is 1.07. The Hall–Kier alpha value is -2.00. The highest BCUT2D eigenvalue weighted by molar-refractivity contribution is 9.10. The van der Waals surface area contributed by atoms with E-state index in [1.807, 2.05) is 48.5 Å². The topological polar surface area (TPSA) is 25.8 Å². The number of benzene rings is 1. The quantitative estimate of drug-likeness (QED) is 0.692. The molecule has 2 nitrogen and oxygen atoms in total. The molecule has 0 N–H and O–H groups in total. The van der Waals surface area contributed by atoms with Crippen LogP contribution >= 0.6 is 15.9 Å². The maximum Gasteiger partial charge on any atom is 0.0893 e. The van der Waals surface area contributed by atoms with Gasteiger partial charge in [0, 0.05) is 16.2 Å². The molecule has 0 aliphatic heterocycles. The van der Waals surface area contributed by atoms with Crippen molar-refractivity contribution in [3.63, 3.8) is 0 Å². The van der Waals surface area contributed by atoms with Gasteiger partial charge in [-0.15, -0.1) is 0 Å². The summed E-state index contributed by atoms with van der Waals surface area (Å²) in [7, 11) is 0. The second-order valence-corrected chi connectivity index (χ2v) is 5.05. The zero-order chi connectivity index (χ0) is 13.1. The van der Waals surface area contributed by atoms with Gasteiger partial charge in [0.25, 0.3) is 0 Å². The normalized spacial score (nSPS) is 10.4. The average molecular weight is 311 g/mol. The summed E-state index contributed by atoms with van der Waals surface area (Å²) in [4.78, 5) is 8.99. The Morgan fingerprint density at radius 1 is 0.684 bits per heavy atom. The Balaban J connectivity index is 2.03. The summed E-state index contributed by atoms with van der Waals surface area (Å²) in [6, 6.07) is 20.0. The summed E-state index contributed by atoms with van der Waals surface area (Å²) >= 11 is 3.44. The highest BCUT2D eigenvalue weighted by atomic mass is 79.9. The summed E-state index contributed by atoms with van der Waals surface area (Å²) in [5, 5.41) is 0. The van der Waals surface area contributed by atoms with Gasteiger partial charge in [0.15, 0.2) is 0 Å². The van der Waals surface area contributed by atoms with E-state index >= 15 is 0 Å². The van der Waals surface area contributed by atoms with E-state index in [0.717, 1.165) is 27.1 Å². The minimum Gasteiger partial charge on any atom is -0.255 e. The average Bonchev–Trinajstić information content (AvgIpc) is 2.49. The van der Waals surface area contributed by atoms with E-state index in [1.165, 1.54) is 0 Å². The zero-order valence-electron chi connectivity index (χ0n) is 10.1. The second-order valence-electron chi connectivity index (χ2n) is 4.13. The molecule has 3 heteroatoms. The second kappa shape index (κ2) is 5.33. The molecule has 0 atom stereocenters. The van der Waals surface area contributed by atoms with E-state index in [1.54, 1.807) is 6.20 Å². The molecule has 0 bridgehead atoms. The van der Waals surface area contributed by atoms with Crippen LogP contribution in [0.2, 0.25) is 0 Å². The lowest BCUT2D eigenvalue weighted by Gasteiger charge is -2.04. The number of rotatable bonds is 2. The van der Waals surface area contributed by atoms with Gasteiger partial charge in [-0.2, -0.15) is 0 Å². The van der Waals surface area contributed by atoms with Crippen LogP contribution in [-0.4, -0.2) is 9.97 Å². The number of nitrogens with zero attached hydrogens (tertiary/aromatic N) is 2. The van der Waals surface area contributed by atoms with Crippen molar-refractivity contribution in [2.45, 2.75) is 0 Å². The van der Waals surface area contributed by atoms with E-state index < -0.39 is 0 Å². The van der Waals surface area contributed by atoms with Gasteiger partial charge in [-0.3, -0.25) is 4.98 Å². The first-order chi connectivity index (χ1) is 9.33. The Bertz CT molecular complexity index is 679. The van der Waals surface area contributed by atoms with Gasteiger partial charge in [-0.05, 0) is 36.4 Å². The van der Waals surface area contributed by atoms with Crippen molar-refractivity contribution in [2.24, 2.45) is 0 Å². The lowest BCUT2D eigenvalue weighted by atomic mass is 10.1. The maximum absolute atomic E-state index is 4.67. The van der Waals surface area contributed by atoms with Crippen molar-refractivity contribution in [1.29, 1.82) is 0 Å². The van der Waals surface area contributed by atoms with Gasteiger partial charge < -0.3 is 0 Å². The highest BCUT2D eigenvalue weighted by Gasteiger charge is 2.03. The fourth-order valence-electron chi connectivity index (χ4n) is 1.87. The highest BCUT2D eigenvalue weighted by Crippen LogP contribution is 2.22. The van der Waals surface area contributed by atoms with Crippen LogP contribution < -0.4 is 0 Å². The van der Waals surface area contributed by atoms with Crippen molar-refractivity contribution in [1.82, 2.24) is 9.97 Å². The molecule has 0 saturated carbocycles. The van der Waals surface area contributed by atoms with Gasteiger partial charge >= 0.3 is 0 Å². The first-order valence-electron chi connectivity index (χ1n) is 5.97. The molecule has 0 radical (unpaired) electrons. The Morgan fingerprint density at radius 3 is 2.16 bits per heavy atom. The monoisotopic (exact) mass is 310 g/mol. The molecule has 0 saturated heterocycles. The van der Waals surface area contributed by atoms with Gasteiger partial charge in [-0.25, -0.2) is 4.98 Å². The minimum atomic E-state index is 0.890. The molecule has 0 amide bonds. The van der Waals surface area contributed by atoms with E-state index in [9.17, 15) is 0 Å². The number of hydrogen-bond donors (Lipinski definition) is 0. The third-order valence-corrected chi connectivity index (χ3v) is 3.35. The van der Waals surface area contributed by atoms with Crippen LogP contribution in [-0.2, 0) is 0 Å². The minimum absolute atomic E-state index is 0.890. The van der Waals surface area contributed by atoms with Crippen LogP contribution in [0.25, 0.3) is 22.6 Å². The fourth-order valence-corrected chi connectivity index (χ4v) is 2.14. The van der Waals surface area contributed by atoms with E-state index in [0.29, 0.717) is 0 Å². The molecule has 0 aliphatic carbocycles. The Kier molecular flexibility index (Phi) is 3.38. The number of halogens is 1. The molecule has 3 aromatic rings. The SMILES string of the molecule is Brc1ccc(-c2cccc(-c3ccccn3)n2)cc1. The lowest BCUT2D eigenvalue weighted by molar-refractivity contribution is 1.25. The first kappa shape index (κ1) is 12.1. The molecule has 0 aliphatic rings. The smallest absolute Gasteiger partial charge is 0.0893 e. The van der Waals surface area contributed by atoms with E-state index in [4.69, 9.17) is 0 Å². The zero-order valence-corrected chi connectivity index (χ0v) is 11.7.